The SMILES string of the molecule is CCNc1nccc(C(=O)NCc2cnn(C)c2)c1F. The third kappa shape index (κ3) is 3.11. The van der Waals surface area contributed by atoms with Gasteiger partial charge in [0, 0.05) is 38.1 Å². The van der Waals surface area contributed by atoms with Crippen LogP contribution in [-0.4, -0.2) is 27.2 Å². The zero-order valence-corrected chi connectivity index (χ0v) is 11.4. The summed E-state index contributed by atoms with van der Waals surface area (Å²) in [4.78, 5) is 15.8. The normalized spacial score (nSPS) is 10.3. The molecule has 0 aliphatic rings. The van der Waals surface area contributed by atoms with Gasteiger partial charge in [-0.2, -0.15) is 5.10 Å². The van der Waals surface area contributed by atoms with Crippen molar-refractivity contribution in [2.75, 3.05) is 11.9 Å². The molecule has 6 nitrogen and oxygen atoms in total. The van der Waals surface area contributed by atoms with Crippen LogP contribution in [0.4, 0.5) is 10.2 Å². The van der Waals surface area contributed by atoms with E-state index < -0.39 is 11.7 Å². The molecule has 2 aromatic heterocycles. The molecule has 7 heteroatoms. The minimum absolute atomic E-state index is 0.0279. The van der Waals surface area contributed by atoms with Gasteiger partial charge in [-0.3, -0.25) is 9.48 Å². The fraction of sp³-hybridized carbons (Fsp3) is 0.308. The monoisotopic (exact) mass is 277 g/mol. The Morgan fingerprint density at radius 1 is 1.50 bits per heavy atom. The predicted octanol–water partition coefficient (Wildman–Crippen LogP) is 1.32. The van der Waals surface area contributed by atoms with E-state index in [1.54, 1.807) is 24.1 Å². The molecule has 20 heavy (non-hydrogen) atoms. The largest absolute Gasteiger partial charge is 0.368 e. The molecule has 0 fully saturated rings. The van der Waals surface area contributed by atoms with Gasteiger partial charge in [0.05, 0.1) is 11.8 Å². The lowest BCUT2D eigenvalue weighted by Crippen LogP contribution is -2.24. The van der Waals surface area contributed by atoms with Crippen LogP contribution in [0, 0.1) is 5.82 Å². The van der Waals surface area contributed by atoms with Crippen molar-refractivity contribution in [2.45, 2.75) is 13.5 Å². The fourth-order valence-corrected chi connectivity index (χ4v) is 1.75. The van der Waals surface area contributed by atoms with Crippen molar-refractivity contribution in [3.05, 3.63) is 41.6 Å². The number of carbonyl (C=O) groups excluding carboxylic acids is 1. The van der Waals surface area contributed by atoms with E-state index in [2.05, 4.69) is 20.7 Å². The van der Waals surface area contributed by atoms with E-state index in [-0.39, 0.29) is 11.4 Å². The third-order valence-corrected chi connectivity index (χ3v) is 2.69. The van der Waals surface area contributed by atoms with E-state index >= 15 is 0 Å². The highest BCUT2D eigenvalue weighted by molar-refractivity contribution is 5.95. The molecular formula is C13H16FN5O. The second-order valence-corrected chi connectivity index (χ2v) is 4.26. The van der Waals surface area contributed by atoms with Gasteiger partial charge in [0.2, 0.25) is 0 Å². The van der Waals surface area contributed by atoms with Crippen LogP contribution in [0.15, 0.2) is 24.7 Å². The van der Waals surface area contributed by atoms with Crippen LogP contribution in [-0.2, 0) is 13.6 Å². The van der Waals surface area contributed by atoms with Gasteiger partial charge in [-0.1, -0.05) is 0 Å². The van der Waals surface area contributed by atoms with Gasteiger partial charge < -0.3 is 10.6 Å². The molecule has 0 aliphatic heterocycles. The first-order valence-corrected chi connectivity index (χ1v) is 6.26. The Balaban J connectivity index is 2.07. The minimum Gasteiger partial charge on any atom is -0.368 e. The smallest absolute Gasteiger partial charge is 0.254 e. The molecule has 106 valence electrons. The third-order valence-electron chi connectivity index (χ3n) is 2.69. The summed E-state index contributed by atoms with van der Waals surface area (Å²) in [5.74, 6) is -1.03. The number of aryl methyl sites for hydroxylation is 1. The van der Waals surface area contributed by atoms with Crippen LogP contribution in [0.25, 0.3) is 0 Å². The van der Waals surface area contributed by atoms with Crippen molar-refractivity contribution < 1.29 is 9.18 Å². The molecule has 1 amide bonds. The summed E-state index contributed by atoms with van der Waals surface area (Å²) in [6.45, 7) is 2.66. The summed E-state index contributed by atoms with van der Waals surface area (Å²) in [5.41, 5.74) is 0.821. The lowest BCUT2D eigenvalue weighted by molar-refractivity contribution is 0.0947. The maximum absolute atomic E-state index is 14.0. The minimum atomic E-state index is -0.641. The average molecular weight is 277 g/mol. The Bertz CT molecular complexity index is 611. The van der Waals surface area contributed by atoms with Gasteiger partial charge in [0.25, 0.3) is 5.91 Å². The van der Waals surface area contributed by atoms with Crippen LogP contribution < -0.4 is 10.6 Å². The number of hydrogen-bond acceptors (Lipinski definition) is 4. The Kier molecular flexibility index (Phi) is 4.29. The summed E-state index contributed by atoms with van der Waals surface area (Å²) < 4.78 is 15.7. The van der Waals surface area contributed by atoms with Crippen molar-refractivity contribution in [2.24, 2.45) is 7.05 Å². The lowest BCUT2D eigenvalue weighted by atomic mass is 10.2. The van der Waals surface area contributed by atoms with E-state index in [1.807, 2.05) is 6.92 Å². The van der Waals surface area contributed by atoms with E-state index in [0.717, 1.165) is 5.56 Å². The van der Waals surface area contributed by atoms with Gasteiger partial charge in [-0.05, 0) is 13.0 Å². The number of halogens is 1. The first-order valence-electron chi connectivity index (χ1n) is 6.26. The highest BCUT2D eigenvalue weighted by atomic mass is 19.1. The first-order chi connectivity index (χ1) is 9.61. The van der Waals surface area contributed by atoms with E-state index in [9.17, 15) is 9.18 Å². The van der Waals surface area contributed by atoms with Crippen LogP contribution >= 0.6 is 0 Å². The Hall–Kier alpha value is -2.44. The maximum atomic E-state index is 14.0. The molecule has 0 saturated heterocycles. The molecule has 0 bridgehead atoms. The highest BCUT2D eigenvalue weighted by Gasteiger charge is 2.15. The number of hydrogen-bond donors (Lipinski definition) is 2. The molecular weight excluding hydrogens is 261 g/mol. The number of nitrogens with zero attached hydrogens (tertiary/aromatic N) is 3. The zero-order chi connectivity index (χ0) is 14.5. The predicted molar refractivity (Wildman–Crippen MR) is 72.7 cm³/mol. The fourth-order valence-electron chi connectivity index (χ4n) is 1.75. The van der Waals surface area contributed by atoms with Crippen LogP contribution in [0.2, 0.25) is 0 Å². The molecule has 0 atom stereocenters. The summed E-state index contributed by atoms with van der Waals surface area (Å²) in [6.07, 6.45) is 4.83. The van der Waals surface area contributed by atoms with Crippen molar-refractivity contribution in [1.82, 2.24) is 20.1 Å². The lowest BCUT2D eigenvalue weighted by Gasteiger charge is -2.08. The van der Waals surface area contributed by atoms with Gasteiger partial charge in [-0.15, -0.1) is 0 Å². The topological polar surface area (TPSA) is 71.8 Å². The first kappa shape index (κ1) is 14.0. The maximum Gasteiger partial charge on any atom is 0.254 e. The zero-order valence-electron chi connectivity index (χ0n) is 11.4. The van der Waals surface area contributed by atoms with Gasteiger partial charge >= 0.3 is 0 Å². The van der Waals surface area contributed by atoms with E-state index in [0.29, 0.717) is 13.1 Å². The molecule has 0 spiro atoms. The molecule has 2 N–H and O–H groups in total. The number of rotatable bonds is 5. The second-order valence-electron chi connectivity index (χ2n) is 4.26. The number of nitrogens with one attached hydrogen (secondary N) is 2. The van der Waals surface area contributed by atoms with Gasteiger partial charge in [0.15, 0.2) is 11.6 Å². The average Bonchev–Trinajstić information content (AvgIpc) is 2.84. The van der Waals surface area contributed by atoms with Crippen molar-refractivity contribution >= 4 is 11.7 Å². The molecule has 2 rings (SSSR count). The van der Waals surface area contributed by atoms with Crippen LogP contribution in [0.3, 0.4) is 0 Å². The summed E-state index contributed by atoms with van der Waals surface area (Å²) in [6, 6.07) is 1.36. The van der Waals surface area contributed by atoms with E-state index in [4.69, 9.17) is 0 Å². The summed E-state index contributed by atoms with van der Waals surface area (Å²) in [7, 11) is 1.79. The number of aromatic nitrogens is 3. The Morgan fingerprint density at radius 2 is 2.30 bits per heavy atom. The van der Waals surface area contributed by atoms with Crippen molar-refractivity contribution in [1.29, 1.82) is 0 Å². The Morgan fingerprint density at radius 3 is 2.95 bits per heavy atom. The second kappa shape index (κ2) is 6.14. The van der Waals surface area contributed by atoms with Crippen LogP contribution in [0.5, 0.6) is 0 Å². The number of carbonyl (C=O) groups is 1. The highest BCUT2D eigenvalue weighted by Crippen LogP contribution is 2.14. The molecule has 0 saturated carbocycles. The van der Waals surface area contributed by atoms with E-state index in [1.165, 1.54) is 12.3 Å². The standard InChI is InChI=1S/C13H16FN5O/c1-3-15-12-11(14)10(4-5-16-12)13(20)17-6-9-7-18-19(2)8-9/h4-5,7-8H,3,6H2,1-2H3,(H,15,16)(H,17,20). The molecule has 0 aliphatic carbocycles. The number of amides is 1. The summed E-state index contributed by atoms with van der Waals surface area (Å²) >= 11 is 0. The number of pyridine rings is 1. The molecule has 2 heterocycles. The quantitative estimate of drug-likeness (QED) is 0.864. The van der Waals surface area contributed by atoms with Crippen molar-refractivity contribution in [3.63, 3.8) is 0 Å². The molecule has 2 aromatic rings. The molecule has 0 radical (unpaired) electrons. The van der Waals surface area contributed by atoms with Crippen molar-refractivity contribution in [3.8, 4) is 0 Å². The van der Waals surface area contributed by atoms with Gasteiger partial charge in [0.1, 0.15) is 0 Å². The molecule has 0 aromatic carbocycles. The van der Waals surface area contributed by atoms with Gasteiger partial charge in [-0.25, -0.2) is 9.37 Å². The number of anilines is 1. The van der Waals surface area contributed by atoms with Crippen LogP contribution in [0.1, 0.15) is 22.8 Å². The molecule has 0 unspecified atom stereocenters. The Labute approximate surface area is 116 Å². The summed E-state index contributed by atoms with van der Waals surface area (Å²) in [5, 5.41) is 9.41.